The molecule has 0 aromatic heterocycles. The molecule has 0 aromatic carbocycles. The van der Waals surface area contributed by atoms with E-state index in [1.807, 2.05) is 0 Å². The molecular weight excluding hydrogens is 236 g/mol. The standard InChI is InChI=1S/C12H26N2O2S/c1-3-7-13-9-11(2)14-10-12-6-4-5-8-17(12,15)16/h11-14H,3-10H2,1-2H3. The van der Waals surface area contributed by atoms with Gasteiger partial charge >= 0.3 is 0 Å². The maximum Gasteiger partial charge on any atom is 0.154 e. The smallest absolute Gasteiger partial charge is 0.154 e. The summed E-state index contributed by atoms with van der Waals surface area (Å²) in [5.41, 5.74) is 0. The van der Waals surface area contributed by atoms with Gasteiger partial charge < -0.3 is 10.6 Å². The fraction of sp³-hybridized carbons (Fsp3) is 1.00. The van der Waals surface area contributed by atoms with Gasteiger partial charge in [-0.15, -0.1) is 0 Å². The summed E-state index contributed by atoms with van der Waals surface area (Å²) in [6.45, 7) is 6.77. The molecule has 0 spiro atoms. The van der Waals surface area contributed by atoms with Gasteiger partial charge in [-0.05, 0) is 32.7 Å². The Morgan fingerprint density at radius 2 is 2.12 bits per heavy atom. The van der Waals surface area contributed by atoms with E-state index in [1.54, 1.807) is 0 Å². The highest BCUT2D eigenvalue weighted by molar-refractivity contribution is 7.92. The Hall–Kier alpha value is -0.130. The fourth-order valence-electron chi connectivity index (χ4n) is 2.15. The molecule has 0 aliphatic carbocycles. The van der Waals surface area contributed by atoms with E-state index in [-0.39, 0.29) is 5.25 Å². The molecule has 1 saturated heterocycles. The molecule has 0 aromatic rings. The Labute approximate surface area is 105 Å². The minimum absolute atomic E-state index is 0.162. The molecule has 102 valence electrons. The van der Waals surface area contributed by atoms with Gasteiger partial charge in [-0.3, -0.25) is 0 Å². The number of hydrogen-bond donors (Lipinski definition) is 2. The third-order valence-electron chi connectivity index (χ3n) is 3.28. The molecule has 2 unspecified atom stereocenters. The van der Waals surface area contributed by atoms with Gasteiger partial charge in [0.25, 0.3) is 0 Å². The zero-order chi connectivity index (χ0) is 12.7. The minimum Gasteiger partial charge on any atom is -0.315 e. The minimum atomic E-state index is -2.83. The molecule has 5 heteroatoms. The Kier molecular flexibility index (Phi) is 6.44. The zero-order valence-corrected chi connectivity index (χ0v) is 11.9. The van der Waals surface area contributed by atoms with Crippen molar-refractivity contribution < 1.29 is 8.42 Å². The van der Waals surface area contributed by atoms with Crippen LogP contribution in [-0.4, -0.2) is 45.1 Å². The summed E-state index contributed by atoms with van der Waals surface area (Å²) >= 11 is 0. The van der Waals surface area contributed by atoms with Gasteiger partial charge in [0.2, 0.25) is 0 Å². The molecule has 1 aliphatic heterocycles. The molecule has 4 nitrogen and oxygen atoms in total. The molecule has 0 bridgehead atoms. The van der Waals surface area contributed by atoms with Crippen LogP contribution in [0.3, 0.4) is 0 Å². The second-order valence-electron chi connectivity index (χ2n) is 5.00. The Morgan fingerprint density at radius 3 is 2.76 bits per heavy atom. The van der Waals surface area contributed by atoms with Crippen LogP contribution in [0.4, 0.5) is 0 Å². The van der Waals surface area contributed by atoms with Crippen molar-refractivity contribution in [3.63, 3.8) is 0 Å². The quantitative estimate of drug-likeness (QED) is 0.670. The van der Waals surface area contributed by atoms with Gasteiger partial charge in [0.15, 0.2) is 9.84 Å². The van der Waals surface area contributed by atoms with Crippen LogP contribution in [0.15, 0.2) is 0 Å². The van der Waals surface area contributed by atoms with Crippen molar-refractivity contribution >= 4 is 9.84 Å². The first-order chi connectivity index (χ1) is 8.06. The van der Waals surface area contributed by atoms with Crippen molar-refractivity contribution in [2.24, 2.45) is 0 Å². The van der Waals surface area contributed by atoms with Crippen LogP contribution in [0.5, 0.6) is 0 Å². The van der Waals surface area contributed by atoms with Crippen LogP contribution in [0.1, 0.15) is 39.5 Å². The van der Waals surface area contributed by atoms with Crippen LogP contribution >= 0.6 is 0 Å². The number of sulfone groups is 1. The van der Waals surface area contributed by atoms with Crippen LogP contribution < -0.4 is 10.6 Å². The lowest BCUT2D eigenvalue weighted by molar-refractivity contribution is 0.471. The van der Waals surface area contributed by atoms with E-state index in [0.29, 0.717) is 18.3 Å². The van der Waals surface area contributed by atoms with Crippen molar-refractivity contribution in [2.75, 3.05) is 25.4 Å². The van der Waals surface area contributed by atoms with Gasteiger partial charge in [-0.2, -0.15) is 0 Å². The van der Waals surface area contributed by atoms with Crippen molar-refractivity contribution in [2.45, 2.75) is 50.8 Å². The molecule has 2 N–H and O–H groups in total. The monoisotopic (exact) mass is 262 g/mol. The van der Waals surface area contributed by atoms with Crippen LogP contribution in [-0.2, 0) is 9.84 Å². The predicted molar refractivity (Wildman–Crippen MR) is 72.1 cm³/mol. The molecule has 2 atom stereocenters. The summed E-state index contributed by atoms with van der Waals surface area (Å²) < 4.78 is 23.6. The second kappa shape index (κ2) is 7.34. The summed E-state index contributed by atoms with van der Waals surface area (Å²) in [6.07, 6.45) is 3.84. The van der Waals surface area contributed by atoms with Gasteiger partial charge in [0.1, 0.15) is 0 Å². The first kappa shape index (κ1) is 14.9. The van der Waals surface area contributed by atoms with Gasteiger partial charge in [-0.1, -0.05) is 13.3 Å². The molecular formula is C12H26N2O2S. The molecule has 17 heavy (non-hydrogen) atoms. The molecule has 0 radical (unpaired) electrons. The highest BCUT2D eigenvalue weighted by Gasteiger charge is 2.28. The van der Waals surface area contributed by atoms with E-state index in [9.17, 15) is 8.42 Å². The van der Waals surface area contributed by atoms with Crippen LogP contribution in [0.25, 0.3) is 0 Å². The third-order valence-corrected chi connectivity index (χ3v) is 5.56. The average Bonchev–Trinajstić information content (AvgIpc) is 2.27. The first-order valence-electron chi connectivity index (χ1n) is 6.72. The molecule has 1 aliphatic rings. The van der Waals surface area contributed by atoms with Crippen LogP contribution in [0, 0.1) is 0 Å². The predicted octanol–water partition coefficient (Wildman–Crippen LogP) is 0.931. The summed E-state index contributed by atoms with van der Waals surface area (Å²) in [7, 11) is -2.83. The van der Waals surface area contributed by atoms with E-state index < -0.39 is 9.84 Å². The lowest BCUT2D eigenvalue weighted by Crippen LogP contribution is -2.44. The van der Waals surface area contributed by atoms with Crippen LogP contribution in [0.2, 0.25) is 0 Å². The molecule has 0 amide bonds. The van der Waals surface area contributed by atoms with Crippen molar-refractivity contribution in [1.29, 1.82) is 0 Å². The van der Waals surface area contributed by atoms with E-state index in [0.717, 1.165) is 38.8 Å². The topological polar surface area (TPSA) is 58.2 Å². The zero-order valence-electron chi connectivity index (χ0n) is 11.0. The molecule has 0 saturated carbocycles. The molecule has 1 heterocycles. The Morgan fingerprint density at radius 1 is 1.35 bits per heavy atom. The van der Waals surface area contributed by atoms with E-state index >= 15 is 0 Å². The maximum atomic E-state index is 11.8. The second-order valence-corrected chi connectivity index (χ2v) is 7.40. The molecule has 1 rings (SSSR count). The Balaban J connectivity index is 2.24. The van der Waals surface area contributed by atoms with E-state index in [2.05, 4.69) is 24.5 Å². The maximum absolute atomic E-state index is 11.8. The van der Waals surface area contributed by atoms with Crippen molar-refractivity contribution in [1.82, 2.24) is 10.6 Å². The van der Waals surface area contributed by atoms with Gasteiger partial charge in [0.05, 0.1) is 11.0 Å². The molecule has 1 fully saturated rings. The number of hydrogen-bond acceptors (Lipinski definition) is 4. The lowest BCUT2D eigenvalue weighted by Gasteiger charge is -2.24. The van der Waals surface area contributed by atoms with E-state index in [4.69, 9.17) is 0 Å². The highest BCUT2D eigenvalue weighted by atomic mass is 32.2. The third kappa shape index (κ3) is 5.36. The summed E-state index contributed by atoms with van der Waals surface area (Å²) in [6, 6.07) is 0.332. The summed E-state index contributed by atoms with van der Waals surface area (Å²) in [4.78, 5) is 0. The highest BCUT2D eigenvalue weighted by Crippen LogP contribution is 2.18. The SMILES string of the molecule is CCCNCC(C)NCC1CCCCS1(=O)=O. The largest absolute Gasteiger partial charge is 0.315 e. The van der Waals surface area contributed by atoms with E-state index in [1.165, 1.54) is 0 Å². The van der Waals surface area contributed by atoms with Crippen molar-refractivity contribution in [3.05, 3.63) is 0 Å². The summed E-state index contributed by atoms with van der Waals surface area (Å²) in [5, 5.41) is 6.49. The van der Waals surface area contributed by atoms with Crippen molar-refractivity contribution in [3.8, 4) is 0 Å². The normalized spacial score (nSPS) is 25.6. The summed E-state index contributed by atoms with van der Waals surface area (Å²) in [5.74, 6) is 0.377. The van der Waals surface area contributed by atoms with Gasteiger partial charge in [0, 0.05) is 19.1 Å². The lowest BCUT2D eigenvalue weighted by atomic mass is 10.2. The number of rotatable bonds is 7. The first-order valence-corrected chi connectivity index (χ1v) is 8.43. The number of nitrogens with one attached hydrogen (secondary N) is 2. The average molecular weight is 262 g/mol. The Bertz CT molecular complexity index is 304. The fourth-order valence-corrected chi connectivity index (χ4v) is 3.97. The van der Waals surface area contributed by atoms with Gasteiger partial charge in [-0.25, -0.2) is 8.42 Å².